The van der Waals surface area contributed by atoms with Crippen molar-refractivity contribution in [1.29, 1.82) is 0 Å². The molecule has 1 N–H and O–H groups in total. The third-order valence-electron chi connectivity index (χ3n) is 4.17. The maximum absolute atomic E-state index is 12.4. The highest BCUT2D eigenvalue weighted by Crippen LogP contribution is 2.38. The highest BCUT2D eigenvalue weighted by molar-refractivity contribution is 7.89. The second-order valence-corrected chi connectivity index (χ2v) is 8.00. The summed E-state index contributed by atoms with van der Waals surface area (Å²) in [4.78, 5) is 23.5. The summed E-state index contributed by atoms with van der Waals surface area (Å²) in [6.07, 6.45) is 2.14. The van der Waals surface area contributed by atoms with Gasteiger partial charge in [-0.1, -0.05) is 0 Å². The van der Waals surface area contributed by atoms with Crippen molar-refractivity contribution in [2.45, 2.75) is 37.1 Å². The van der Waals surface area contributed by atoms with Crippen molar-refractivity contribution in [2.24, 2.45) is 0 Å². The summed E-state index contributed by atoms with van der Waals surface area (Å²) in [6.45, 7) is 2.11. The van der Waals surface area contributed by atoms with Gasteiger partial charge in [0.15, 0.2) is 0 Å². The van der Waals surface area contributed by atoms with Gasteiger partial charge >= 0.3 is 5.97 Å². The number of rotatable bonds is 8. The van der Waals surface area contributed by atoms with Crippen LogP contribution in [0.25, 0.3) is 0 Å². The van der Waals surface area contributed by atoms with E-state index in [1.807, 2.05) is 0 Å². The zero-order valence-electron chi connectivity index (χ0n) is 14.9. The van der Waals surface area contributed by atoms with Gasteiger partial charge in [-0.25, -0.2) is 22.6 Å². The lowest BCUT2D eigenvalue weighted by Crippen LogP contribution is -2.32. The van der Waals surface area contributed by atoms with Gasteiger partial charge in [-0.05, 0) is 50.1 Å². The predicted molar refractivity (Wildman–Crippen MR) is 98.1 cm³/mol. The lowest BCUT2D eigenvalue weighted by atomic mass is 10.2. The molecule has 0 atom stereocenters. The summed E-state index contributed by atoms with van der Waals surface area (Å²) in [5.74, 6) is -0.0955. The number of aromatic nitrogens is 2. The Hall–Kier alpha value is -2.52. The molecule has 0 unspecified atom stereocenters. The highest BCUT2D eigenvalue weighted by atomic mass is 32.2. The molecule has 0 saturated heterocycles. The van der Waals surface area contributed by atoms with Gasteiger partial charge in [0.25, 0.3) is 5.56 Å². The molecule has 1 heterocycles. The van der Waals surface area contributed by atoms with Crippen LogP contribution in [0.1, 0.15) is 41.7 Å². The van der Waals surface area contributed by atoms with E-state index in [2.05, 4.69) is 9.82 Å². The van der Waals surface area contributed by atoms with Gasteiger partial charge in [0.05, 0.1) is 29.3 Å². The molecule has 2 aromatic rings. The number of carbonyl (C=O) groups is 1. The molecule has 9 heteroatoms. The topological polar surface area (TPSA) is 107 Å². The fourth-order valence-corrected chi connectivity index (χ4v) is 3.60. The molecule has 144 valence electrons. The molecule has 27 heavy (non-hydrogen) atoms. The monoisotopic (exact) mass is 391 g/mol. The lowest BCUT2D eigenvalue weighted by Gasteiger charge is -2.09. The number of carbonyl (C=O) groups excluding carboxylic acids is 1. The van der Waals surface area contributed by atoms with Crippen LogP contribution >= 0.6 is 0 Å². The van der Waals surface area contributed by atoms with Crippen LogP contribution in [0.15, 0.2) is 46.1 Å². The Balaban J connectivity index is 1.62. The molecular weight excluding hydrogens is 370 g/mol. The van der Waals surface area contributed by atoms with Gasteiger partial charge in [-0.2, -0.15) is 5.10 Å². The van der Waals surface area contributed by atoms with E-state index in [4.69, 9.17) is 4.74 Å². The minimum atomic E-state index is -3.76. The number of ether oxygens (including phenoxy) is 1. The first-order chi connectivity index (χ1) is 12.9. The van der Waals surface area contributed by atoms with E-state index in [1.54, 1.807) is 13.0 Å². The summed E-state index contributed by atoms with van der Waals surface area (Å²) in [5.41, 5.74) is 0.882. The second-order valence-electron chi connectivity index (χ2n) is 6.24. The van der Waals surface area contributed by atoms with Crippen LogP contribution in [-0.2, 0) is 21.3 Å². The van der Waals surface area contributed by atoms with Crippen molar-refractivity contribution >= 4 is 16.0 Å². The minimum absolute atomic E-state index is 0.0302. The van der Waals surface area contributed by atoms with Gasteiger partial charge in [0, 0.05) is 18.5 Å². The van der Waals surface area contributed by atoms with E-state index in [9.17, 15) is 18.0 Å². The molecule has 3 rings (SSSR count). The standard InChI is InChI=1S/C18H21N3O5S/c1-2-26-18(23)14-5-7-15(8-6-14)27(24,25)19-11-12-21-17(22)10-9-16(20-21)13-3-4-13/h5-10,13,19H,2-4,11-12H2,1H3. The first-order valence-electron chi connectivity index (χ1n) is 8.75. The van der Waals surface area contributed by atoms with E-state index in [0.717, 1.165) is 18.5 Å². The van der Waals surface area contributed by atoms with Crippen molar-refractivity contribution < 1.29 is 17.9 Å². The second kappa shape index (κ2) is 8.01. The number of hydrogen-bond donors (Lipinski definition) is 1. The predicted octanol–water partition coefficient (Wildman–Crippen LogP) is 1.28. The smallest absolute Gasteiger partial charge is 0.338 e. The Bertz CT molecular complexity index is 979. The highest BCUT2D eigenvalue weighted by Gasteiger charge is 2.25. The number of hydrogen-bond acceptors (Lipinski definition) is 6. The normalized spacial score (nSPS) is 14.1. The van der Waals surface area contributed by atoms with Crippen molar-refractivity contribution in [3.05, 3.63) is 58.0 Å². The van der Waals surface area contributed by atoms with Crippen LogP contribution < -0.4 is 10.3 Å². The van der Waals surface area contributed by atoms with Crippen LogP contribution in [0.2, 0.25) is 0 Å². The number of sulfonamides is 1. The Labute approximate surface area is 157 Å². The molecule has 1 aromatic heterocycles. The summed E-state index contributed by atoms with van der Waals surface area (Å²) in [6, 6.07) is 8.67. The third-order valence-corrected chi connectivity index (χ3v) is 5.65. The van der Waals surface area contributed by atoms with E-state index in [1.165, 1.54) is 35.0 Å². The first-order valence-corrected chi connectivity index (χ1v) is 10.2. The Morgan fingerprint density at radius 1 is 1.22 bits per heavy atom. The average Bonchev–Trinajstić information content (AvgIpc) is 3.49. The molecular formula is C18H21N3O5S. The van der Waals surface area contributed by atoms with Gasteiger partial charge in [0.2, 0.25) is 10.0 Å². The zero-order valence-corrected chi connectivity index (χ0v) is 15.7. The molecule has 1 aliphatic rings. The summed E-state index contributed by atoms with van der Waals surface area (Å²) < 4.78 is 33.3. The molecule has 0 bridgehead atoms. The van der Waals surface area contributed by atoms with Gasteiger partial charge in [-0.3, -0.25) is 4.79 Å². The number of benzene rings is 1. The third kappa shape index (κ3) is 4.81. The minimum Gasteiger partial charge on any atom is -0.462 e. The Morgan fingerprint density at radius 2 is 1.93 bits per heavy atom. The molecule has 1 aliphatic carbocycles. The molecule has 0 radical (unpaired) electrons. The van der Waals surface area contributed by atoms with E-state index in [-0.39, 0.29) is 35.7 Å². The van der Waals surface area contributed by atoms with E-state index in [0.29, 0.717) is 5.92 Å². The Morgan fingerprint density at radius 3 is 2.56 bits per heavy atom. The van der Waals surface area contributed by atoms with Gasteiger partial charge in [0.1, 0.15) is 0 Å². The number of esters is 1. The molecule has 1 saturated carbocycles. The van der Waals surface area contributed by atoms with Crippen molar-refractivity contribution in [1.82, 2.24) is 14.5 Å². The fourth-order valence-electron chi connectivity index (χ4n) is 2.58. The molecule has 1 fully saturated rings. The van der Waals surface area contributed by atoms with Crippen LogP contribution in [0, 0.1) is 0 Å². The van der Waals surface area contributed by atoms with E-state index < -0.39 is 16.0 Å². The molecule has 0 amide bonds. The summed E-state index contributed by atoms with van der Waals surface area (Å²) in [7, 11) is -3.76. The van der Waals surface area contributed by atoms with Crippen LogP contribution in [0.5, 0.6) is 0 Å². The Kier molecular flexibility index (Phi) is 5.71. The maximum atomic E-state index is 12.4. The SMILES string of the molecule is CCOC(=O)c1ccc(S(=O)(=O)NCCn2nc(C3CC3)ccc2=O)cc1. The van der Waals surface area contributed by atoms with Crippen LogP contribution in [-0.4, -0.2) is 37.3 Å². The number of nitrogens with one attached hydrogen (secondary N) is 1. The average molecular weight is 391 g/mol. The van der Waals surface area contributed by atoms with Crippen LogP contribution in [0.4, 0.5) is 0 Å². The largest absolute Gasteiger partial charge is 0.462 e. The van der Waals surface area contributed by atoms with Gasteiger partial charge < -0.3 is 4.74 Å². The maximum Gasteiger partial charge on any atom is 0.338 e. The van der Waals surface area contributed by atoms with Gasteiger partial charge in [-0.15, -0.1) is 0 Å². The quantitative estimate of drug-likeness (QED) is 0.679. The van der Waals surface area contributed by atoms with Crippen molar-refractivity contribution in [3.8, 4) is 0 Å². The van der Waals surface area contributed by atoms with E-state index >= 15 is 0 Å². The lowest BCUT2D eigenvalue weighted by molar-refractivity contribution is 0.0526. The molecule has 1 aromatic carbocycles. The summed E-state index contributed by atoms with van der Waals surface area (Å²) >= 11 is 0. The first kappa shape index (κ1) is 19.2. The summed E-state index contributed by atoms with van der Waals surface area (Å²) in [5, 5.41) is 4.29. The fraction of sp³-hybridized carbons (Fsp3) is 0.389. The molecule has 8 nitrogen and oxygen atoms in total. The van der Waals surface area contributed by atoms with Crippen LogP contribution in [0.3, 0.4) is 0 Å². The van der Waals surface area contributed by atoms with Crippen molar-refractivity contribution in [2.75, 3.05) is 13.2 Å². The number of nitrogens with zero attached hydrogens (tertiary/aromatic N) is 2. The van der Waals surface area contributed by atoms with Crippen molar-refractivity contribution in [3.63, 3.8) is 0 Å². The zero-order chi connectivity index (χ0) is 19.4. The molecule has 0 aliphatic heterocycles. The molecule has 0 spiro atoms.